The lowest BCUT2D eigenvalue weighted by Crippen LogP contribution is -2.31. The summed E-state index contributed by atoms with van der Waals surface area (Å²) in [6.07, 6.45) is 2.26. The molecule has 4 rings (SSSR count). The molecule has 4 aromatic rings. The molecule has 0 bridgehead atoms. The molecule has 0 aliphatic heterocycles. The van der Waals surface area contributed by atoms with Gasteiger partial charge in [-0.2, -0.15) is 0 Å². The molecule has 2 unspecified atom stereocenters. The zero-order valence-electron chi connectivity index (χ0n) is 22.0. The number of rotatable bonds is 11. The Balaban J connectivity index is 1.54. The number of aliphatic hydroxyl groups excluding tert-OH is 2. The molecule has 3 N–H and O–H groups in total. The Morgan fingerprint density at radius 1 is 0.875 bits per heavy atom. The monoisotopic (exact) mass is 543 g/mol. The predicted octanol–water partition coefficient (Wildman–Crippen LogP) is 6.45. The van der Waals surface area contributed by atoms with Crippen LogP contribution >= 0.6 is 0 Å². The largest absolute Gasteiger partial charge is 0.464 e. The molecule has 1 amide bonds. The number of halogens is 2. The topological polar surface area (TPSA) is 82.7 Å². The van der Waals surface area contributed by atoms with Crippen LogP contribution in [0.25, 0.3) is 11.1 Å². The van der Waals surface area contributed by atoms with Crippen LogP contribution in [0, 0.1) is 11.6 Å². The molecule has 0 saturated heterocycles. The van der Waals surface area contributed by atoms with Crippen LogP contribution in [-0.2, 0) is 4.79 Å². The summed E-state index contributed by atoms with van der Waals surface area (Å²) >= 11 is 0. The molecular formula is C33H31F2NO4. The summed E-state index contributed by atoms with van der Waals surface area (Å²) in [5.74, 6) is -0.652. The van der Waals surface area contributed by atoms with Gasteiger partial charge in [-0.3, -0.25) is 4.79 Å². The number of allylic oxidation sites excluding steroid dienone is 2. The fraction of sp³-hybridized carbons (Fsp3) is 0.182. The summed E-state index contributed by atoms with van der Waals surface area (Å²) in [5.41, 5.74) is 3.45. The Kier molecular flexibility index (Phi) is 9.78. The summed E-state index contributed by atoms with van der Waals surface area (Å²) in [6.45, 7) is 1.86. The van der Waals surface area contributed by atoms with E-state index in [9.17, 15) is 23.8 Å². The van der Waals surface area contributed by atoms with Crippen LogP contribution in [0.1, 0.15) is 48.3 Å². The molecule has 1 aromatic heterocycles. The number of hydrogen-bond acceptors (Lipinski definition) is 4. The highest BCUT2D eigenvalue weighted by molar-refractivity contribution is 6.01. The minimum absolute atomic E-state index is 0.0719. The van der Waals surface area contributed by atoms with Crippen molar-refractivity contribution >= 4 is 17.1 Å². The van der Waals surface area contributed by atoms with Crippen LogP contribution in [0.3, 0.4) is 0 Å². The van der Waals surface area contributed by atoms with E-state index >= 15 is 0 Å². The van der Waals surface area contributed by atoms with E-state index in [0.717, 1.165) is 5.56 Å². The first-order chi connectivity index (χ1) is 19.3. The van der Waals surface area contributed by atoms with Gasteiger partial charge in [0.05, 0.1) is 30.9 Å². The van der Waals surface area contributed by atoms with E-state index in [1.807, 2.05) is 37.3 Å². The standard InChI is InChI=1S/C33H31F2NO4/c1-22(23-6-3-2-4-7-23)36-32(39)21-29(38)20-28(37)17-18-30(31-8-5-19-40-31)33(24-9-13-26(34)14-10-24)25-11-15-27(35)16-12-25/h2-19,22,28-29,37-38H,20-21H2,1H3,(H,36,39)/b18-17+/t22-,28?,29?/m1/s1. The van der Waals surface area contributed by atoms with Gasteiger partial charge >= 0.3 is 0 Å². The van der Waals surface area contributed by atoms with E-state index in [0.29, 0.717) is 28.0 Å². The van der Waals surface area contributed by atoms with Crippen molar-refractivity contribution in [1.82, 2.24) is 5.32 Å². The van der Waals surface area contributed by atoms with Gasteiger partial charge in [-0.15, -0.1) is 0 Å². The second kappa shape index (κ2) is 13.6. The molecule has 3 atom stereocenters. The molecular weight excluding hydrogens is 512 g/mol. The van der Waals surface area contributed by atoms with Gasteiger partial charge in [0, 0.05) is 12.0 Å². The van der Waals surface area contributed by atoms with Gasteiger partial charge in [0.15, 0.2) is 0 Å². The summed E-state index contributed by atoms with van der Waals surface area (Å²) in [7, 11) is 0. The molecule has 0 aliphatic carbocycles. The predicted molar refractivity (Wildman–Crippen MR) is 151 cm³/mol. The third-order valence-corrected chi connectivity index (χ3v) is 6.42. The first-order valence-corrected chi connectivity index (χ1v) is 13.0. The number of aliphatic hydroxyl groups is 2. The molecule has 1 heterocycles. The molecule has 0 radical (unpaired) electrons. The lowest BCUT2D eigenvalue weighted by atomic mass is 9.91. The van der Waals surface area contributed by atoms with E-state index < -0.39 is 23.8 Å². The van der Waals surface area contributed by atoms with Crippen molar-refractivity contribution in [3.8, 4) is 0 Å². The van der Waals surface area contributed by atoms with E-state index in [4.69, 9.17) is 4.42 Å². The minimum Gasteiger partial charge on any atom is -0.464 e. The van der Waals surface area contributed by atoms with Gasteiger partial charge < -0.3 is 19.9 Å². The lowest BCUT2D eigenvalue weighted by molar-refractivity contribution is -0.123. The summed E-state index contributed by atoms with van der Waals surface area (Å²) < 4.78 is 33.1. The fourth-order valence-corrected chi connectivity index (χ4v) is 4.42. The number of nitrogens with one attached hydrogen (secondary N) is 1. The maximum absolute atomic E-state index is 13.7. The van der Waals surface area contributed by atoms with Crippen molar-refractivity contribution < 1.29 is 28.2 Å². The molecule has 0 aliphatic rings. The van der Waals surface area contributed by atoms with Crippen LogP contribution in [0.2, 0.25) is 0 Å². The highest BCUT2D eigenvalue weighted by Gasteiger charge is 2.18. The average Bonchev–Trinajstić information content (AvgIpc) is 3.47. The van der Waals surface area contributed by atoms with Crippen molar-refractivity contribution in [1.29, 1.82) is 0 Å². The first-order valence-electron chi connectivity index (χ1n) is 13.0. The molecule has 0 spiro atoms. The van der Waals surface area contributed by atoms with Crippen LogP contribution in [-0.4, -0.2) is 28.3 Å². The molecule has 40 heavy (non-hydrogen) atoms. The number of hydrogen-bond donors (Lipinski definition) is 3. The SMILES string of the molecule is C[C@@H](NC(=O)CC(O)CC(O)/C=C/C(=C(c1ccc(F)cc1)c1ccc(F)cc1)c1ccco1)c1ccccc1. The van der Waals surface area contributed by atoms with Gasteiger partial charge in [-0.25, -0.2) is 8.78 Å². The quantitative estimate of drug-likeness (QED) is 0.190. The Hall–Kier alpha value is -4.33. The second-order valence-corrected chi connectivity index (χ2v) is 9.50. The van der Waals surface area contributed by atoms with Crippen molar-refractivity contribution in [2.45, 2.75) is 38.0 Å². The summed E-state index contributed by atoms with van der Waals surface area (Å²) in [5, 5.41) is 24.0. The maximum Gasteiger partial charge on any atom is 0.223 e. The zero-order chi connectivity index (χ0) is 28.5. The van der Waals surface area contributed by atoms with Crippen LogP contribution in [0.4, 0.5) is 8.78 Å². The highest BCUT2D eigenvalue weighted by Crippen LogP contribution is 2.34. The maximum atomic E-state index is 13.7. The molecule has 7 heteroatoms. The summed E-state index contributed by atoms with van der Waals surface area (Å²) in [6, 6.07) is 24.5. The van der Waals surface area contributed by atoms with Crippen molar-refractivity contribution in [3.05, 3.63) is 143 Å². The normalized spacial score (nSPS) is 13.5. The van der Waals surface area contributed by atoms with Gasteiger partial charge in [0.2, 0.25) is 5.91 Å². The third-order valence-electron chi connectivity index (χ3n) is 6.42. The number of carbonyl (C=O) groups excluding carboxylic acids is 1. The van der Waals surface area contributed by atoms with Crippen molar-refractivity contribution in [2.24, 2.45) is 0 Å². The van der Waals surface area contributed by atoms with E-state index in [-0.39, 0.29) is 24.8 Å². The number of benzene rings is 3. The van der Waals surface area contributed by atoms with Crippen LogP contribution < -0.4 is 5.32 Å². The van der Waals surface area contributed by atoms with Crippen LogP contribution in [0.15, 0.2) is 114 Å². The average molecular weight is 544 g/mol. The molecule has 5 nitrogen and oxygen atoms in total. The van der Waals surface area contributed by atoms with E-state index in [1.54, 1.807) is 42.5 Å². The van der Waals surface area contributed by atoms with Gasteiger partial charge in [-0.1, -0.05) is 66.7 Å². The molecule has 3 aromatic carbocycles. The van der Waals surface area contributed by atoms with Crippen molar-refractivity contribution in [2.75, 3.05) is 0 Å². The van der Waals surface area contributed by atoms with E-state index in [2.05, 4.69) is 5.32 Å². The van der Waals surface area contributed by atoms with Crippen molar-refractivity contribution in [3.63, 3.8) is 0 Å². The Morgan fingerprint density at radius 3 is 2.02 bits per heavy atom. The van der Waals surface area contributed by atoms with Crippen LogP contribution in [0.5, 0.6) is 0 Å². The van der Waals surface area contributed by atoms with Gasteiger partial charge in [-0.05, 0) is 65.6 Å². The van der Waals surface area contributed by atoms with Gasteiger partial charge in [0.25, 0.3) is 0 Å². The second-order valence-electron chi connectivity index (χ2n) is 9.50. The molecule has 0 fully saturated rings. The Morgan fingerprint density at radius 2 is 1.48 bits per heavy atom. The fourth-order valence-electron chi connectivity index (χ4n) is 4.42. The minimum atomic E-state index is -1.08. The Labute approximate surface area is 232 Å². The third kappa shape index (κ3) is 7.85. The smallest absolute Gasteiger partial charge is 0.223 e. The molecule has 0 saturated carbocycles. The summed E-state index contributed by atoms with van der Waals surface area (Å²) in [4.78, 5) is 12.4. The number of amides is 1. The molecule has 206 valence electrons. The lowest BCUT2D eigenvalue weighted by Gasteiger charge is -2.17. The highest BCUT2D eigenvalue weighted by atomic mass is 19.1. The van der Waals surface area contributed by atoms with Gasteiger partial charge in [0.1, 0.15) is 17.4 Å². The first kappa shape index (κ1) is 28.7. The van der Waals surface area contributed by atoms with E-state index in [1.165, 1.54) is 36.6 Å². The number of furan rings is 1. The Bertz CT molecular complexity index is 1380. The zero-order valence-corrected chi connectivity index (χ0v) is 22.0. The number of carbonyl (C=O) groups is 1.